The van der Waals surface area contributed by atoms with Crippen molar-refractivity contribution in [3.8, 4) is 0 Å². The maximum Gasteiger partial charge on any atom is 0.339 e. The first-order valence-corrected chi connectivity index (χ1v) is 11.5. The molecule has 2 rings (SSSR count). The third kappa shape index (κ3) is 7.47. The highest BCUT2D eigenvalue weighted by Gasteiger charge is 2.22. The van der Waals surface area contributed by atoms with Gasteiger partial charge in [-0.2, -0.15) is 0 Å². The molecule has 0 N–H and O–H groups in total. The van der Waals surface area contributed by atoms with Crippen LogP contribution in [0.3, 0.4) is 0 Å². The fourth-order valence-electron chi connectivity index (χ4n) is 3.55. The average Bonchev–Trinajstić information content (AvgIpc) is 2.77. The molecule has 0 bridgehead atoms. The third-order valence-electron chi connectivity index (χ3n) is 5.32. The van der Waals surface area contributed by atoms with Crippen molar-refractivity contribution in [1.29, 1.82) is 0 Å². The summed E-state index contributed by atoms with van der Waals surface area (Å²) in [5, 5.41) is 1.63. The van der Waals surface area contributed by atoms with Crippen LogP contribution in [0.5, 0.6) is 0 Å². The Morgan fingerprint density at radius 2 is 1.23 bits per heavy atom. The van der Waals surface area contributed by atoms with Gasteiger partial charge in [0.05, 0.1) is 24.3 Å². The maximum absolute atomic E-state index is 12.9. The molecule has 0 aromatic heterocycles. The lowest BCUT2D eigenvalue weighted by Gasteiger charge is -2.13. The number of hydrogen-bond acceptors (Lipinski definition) is 4. The molecule has 0 aliphatic heterocycles. The monoisotopic (exact) mass is 412 g/mol. The minimum absolute atomic E-state index is 0.290. The summed E-state index contributed by atoms with van der Waals surface area (Å²) in [5.74, 6) is -0.900. The Labute approximate surface area is 181 Å². The first-order chi connectivity index (χ1) is 14.7. The molecule has 2 aromatic carbocycles. The van der Waals surface area contributed by atoms with Crippen LogP contribution in [0, 0.1) is 0 Å². The van der Waals surface area contributed by atoms with Gasteiger partial charge in [0.25, 0.3) is 0 Å². The summed E-state index contributed by atoms with van der Waals surface area (Å²) in [6.07, 6.45) is 10.8. The van der Waals surface area contributed by atoms with E-state index < -0.39 is 11.9 Å². The van der Waals surface area contributed by atoms with Gasteiger partial charge in [-0.1, -0.05) is 95.5 Å². The van der Waals surface area contributed by atoms with E-state index in [0.717, 1.165) is 49.3 Å². The first kappa shape index (κ1) is 23.9. The highest BCUT2D eigenvalue weighted by Crippen LogP contribution is 2.24. The van der Waals surface area contributed by atoms with Crippen molar-refractivity contribution in [2.24, 2.45) is 0 Å². The zero-order valence-corrected chi connectivity index (χ0v) is 18.6. The molecule has 0 aliphatic rings. The van der Waals surface area contributed by atoms with E-state index >= 15 is 0 Å². The molecule has 2 aromatic rings. The number of carbonyl (C=O) groups is 2. The van der Waals surface area contributed by atoms with Crippen molar-refractivity contribution in [2.75, 3.05) is 13.2 Å². The molecule has 0 atom stereocenters. The van der Waals surface area contributed by atoms with Crippen molar-refractivity contribution in [3.05, 3.63) is 47.5 Å². The zero-order valence-electron chi connectivity index (χ0n) is 18.6. The number of fused-ring (bicyclic) bond motifs is 1. The quantitative estimate of drug-likeness (QED) is 0.245. The van der Waals surface area contributed by atoms with Crippen LogP contribution in [0.2, 0.25) is 0 Å². The second-order valence-corrected chi connectivity index (χ2v) is 7.81. The van der Waals surface area contributed by atoms with E-state index in [2.05, 4.69) is 13.8 Å². The van der Waals surface area contributed by atoms with Crippen molar-refractivity contribution >= 4 is 22.7 Å². The molecule has 0 unspecified atom stereocenters. The fourth-order valence-corrected chi connectivity index (χ4v) is 3.55. The van der Waals surface area contributed by atoms with E-state index in [0.29, 0.717) is 24.3 Å². The van der Waals surface area contributed by atoms with Crippen LogP contribution in [0.4, 0.5) is 0 Å². The standard InChI is InChI=1S/C26H36O4/c1-3-5-7-9-13-19-29-25(27)23-18-17-21-15-11-12-16-22(21)24(23)26(28)30-20-14-10-8-6-4-2/h11-12,15-18H,3-10,13-14,19-20H2,1-2H3. The predicted octanol–water partition coefficient (Wildman–Crippen LogP) is 7.09. The Kier molecular flexibility index (Phi) is 11.0. The highest BCUT2D eigenvalue weighted by atomic mass is 16.5. The number of rotatable bonds is 14. The predicted molar refractivity (Wildman–Crippen MR) is 122 cm³/mol. The van der Waals surface area contributed by atoms with E-state index in [1.165, 1.54) is 25.7 Å². The molecule has 0 fully saturated rings. The average molecular weight is 413 g/mol. The second kappa shape index (κ2) is 13.8. The van der Waals surface area contributed by atoms with E-state index in [1.807, 2.05) is 30.3 Å². The lowest BCUT2D eigenvalue weighted by Crippen LogP contribution is -2.15. The summed E-state index contributed by atoms with van der Waals surface area (Å²) in [6.45, 7) is 5.09. The number of unbranched alkanes of at least 4 members (excludes halogenated alkanes) is 8. The van der Waals surface area contributed by atoms with Gasteiger partial charge in [-0.15, -0.1) is 0 Å². The van der Waals surface area contributed by atoms with Gasteiger partial charge in [0.15, 0.2) is 0 Å². The molecule has 0 aliphatic carbocycles. The van der Waals surface area contributed by atoms with Gasteiger partial charge in [0, 0.05) is 0 Å². The second-order valence-electron chi connectivity index (χ2n) is 7.81. The molecular formula is C26H36O4. The topological polar surface area (TPSA) is 52.6 Å². The molecule has 0 spiro atoms. The number of esters is 2. The number of hydrogen-bond donors (Lipinski definition) is 0. The summed E-state index contributed by atoms with van der Waals surface area (Å²) in [4.78, 5) is 25.6. The summed E-state index contributed by atoms with van der Waals surface area (Å²) in [7, 11) is 0. The Hall–Kier alpha value is -2.36. The molecule has 0 amide bonds. The van der Waals surface area contributed by atoms with E-state index in [1.54, 1.807) is 6.07 Å². The number of benzene rings is 2. The van der Waals surface area contributed by atoms with Crippen LogP contribution in [-0.2, 0) is 9.47 Å². The molecule has 0 heterocycles. The van der Waals surface area contributed by atoms with Gasteiger partial charge >= 0.3 is 11.9 Å². The molecule has 4 heteroatoms. The van der Waals surface area contributed by atoms with E-state index in [9.17, 15) is 9.59 Å². The molecule has 0 saturated heterocycles. The van der Waals surface area contributed by atoms with Crippen molar-refractivity contribution in [2.45, 2.75) is 78.1 Å². The van der Waals surface area contributed by atoms with Gasteiger partial charge in [-0.05, 0) is 29.7 Å². The van der Waals surface area contributed by atoms with Crippen LogP contribution < -0.4 is 0 Å². The summed E-state index contributed by atoms with van der Waals surface area (Å²) < 4.78 is 11.0. The Balaban J connectivity index is 2.05. The summed E-state index contributed by atoms with van der Waals surface area (Å²) in [6, 6.07) is 11.1. The molecule has 30 heavy (non-hydrogen) atoms. The van der Waals surface area contributed by atoms with Crippen molar-refractivity contribution in [3.63, 3.8) is 0 Å². The van der Waals surface area contributed by atoms with E-state index in [4.69, 9.17) is 9.47 Å². The highest BCUT2D eigenvalue weighted by molar-refractivity contribution is 6.12. The third-order valence-corrected chi connectivity index (χ3v) is 5.32. The van der Waals surface area contributed by atoms with Crippen LogP contribution in [0.1, 0.15) is 98.8 Å². The van der Waals surface area contributed by atoms with Crippen LogP contribution in [0.15, 0.2) is 36.4 Å². The first-order valence-electron chi connectivity index (χ1n) is 11.5. The van der Waals surface area contributed by atoms with Gasteiger partial charge in [-0.3, -0.25) is 0 Å². The lowest BCUT2D eigenvalue weighted by molar-refractivity contribution is 0.0452. The molecule has 0 radical (unpaired) electrons. The molecule has 4 nitrogen and oxygen atoms in total. The summed E-state index contributed by atoms with van der Waals surface area (Å²) in [5.41, 5.74) is 0.607. The molecule has 0 saturated carbocycles. The SMILES string of the molecule is CCCCCCCOC(=O)c1ccc2ccccc2c1C(=O)OCCCCCCC. The minimum atomic E-state index is -0.453. The van der Waals surface area contributed by atoms with E-state index in [-0.39, 0.29) is 0 Å². The van der Waals surface area contributed by atoms with Crippen molar-refractivity contribution < 1.29 is 19.1 Å². The van der Waals surface area contributed by atoms with Gasteiger partial charge in [0.1, 0.15) is 0 Å². The smallest absolute Gasteiger partial charge is 0.339 e. The molecular weight excluding hydrogens is 376 g/mol. The lowest BCUT2D eigenvalue weighted by atomic mass is 9.99. The zero-order chi connectivity index (χ0) is 21.6. The van der Waals surface area contributed by atoms with Crippen LogP contribution >= 0.6 is 0 Å². The minimum Gasteiger partial charge on any atom is -0.462 e. The molecule has 164 valence electrons. The Bertz CT molecular complexity index is 797. The van der Waals surface area contributed by atoms with Gasteiger partial charge in [-0.25, -0.2) is 9.59 Å². The van der Waals surface area contributed by atoms with Crippen LogP contribution in [0.25, 0.3) is 10.8 Å². The Morgan fingerprint density at radius 1 is 0.667 bits per heavy atom. The maximum atomic E-state index is 12.9. The Morgan fingerprint density at radius 3 is 1.87 bits per heavy atom. The number of carbonyl (C=O) groups excluding carboxylic acids is 2. The largest absolute Gasteiger partial charge is 0.462 e. The number of ether oxygens (including phenoxy) is 2. The van der Waals surface area contributed by atoms with Crippen LogP contribution in [-0.4, -0.2) is 25.2 Å². The van der Waals surface area contributed by atoms with Gasteiger partial charge in [0.2, 0.25) is 0 Å². The normalized spacial score (nSPS) is 10.9. The fraction of sp³-hybridized carbons (Fsp3) is 0.538. The summed E-state index contributed by atoms with van der Waals surface area (Å²) >= 11 is 0. The van der Waals surface area contributed by atoms with Gasteiger partial charge < -0.3 is 9.47 Å². The van der Waals surface area contributed by atoms with Crippen molar-refractivity contribution in [1.82, 2.24) is 0 Å².